The Morgan fingerprint density at radius 1 is 1.18 bits per heavy atom. The van der Waals surface area contributed by atoms with Gasteiger partial charge < -0.3 is 14.6 Å². The molecule has 1 N–H and O–H groups in total. The van der Waals surface area contributed by atoms with Crippen molar-refractivity contribution in [2.24, 2.45) is 28.6 Å². The fourth-order valence-corrected chi connectivity index (χ4v) is 7.73. The van der Waals surface area contributed by atoms with E-state index in [2.05, 4.69) is 13.8 Å². The summed E-state index contributed by atoms with van der Waals surface area (Å²) >= 11 is 0. The summed E-state index contributed by atoms with van der Waals surface area (Å²) in [6.45, 7) is 8.38. The minimum atomic E-state index is -0.987. The van der Waals surface area contributed by atoms with Gasteiger partial charge in [-0.05, 0) is 63.2 Å². The van der Waals surface area contributed by atoms with E-state index in [-0.39, 0.29) is 29.0 Å². The first-order valence-corrected chi connectivity index (χ1v) is 11.2. The van der Waals surface area contributed by atoms with E-state index in [9.17, 15) is 14.7 Å². The number of ether oxygens (including phenoxy) is 2. The molecule has 0 saturated heterocycles. The van der Waals surface area contributed by atoms with Crippen molar-refractivity contribution in [2.75, 3.05) is 6.61 Å². The molecule has 28 heavy (non-hydrogen) atoms. The summed E-state index contributed by atoms with van der Waals surface area (Å²) in [7, 11) is 0. The van der Waals surface area contributed by atoms with Crippen molar-refractivity contribution < 1.29 is 24.2 Å². The third-order valence-electron chi connectivity index (χ3n) is 9.20. The second-order valence-electron chi connectivity index (χ2n) is 10.3. The number of hydrogen-bond acceptors (Lipinski definition) is 5. The zero-order valence-electron chi connectivity index (χ0n) is 17.8. The standard InChI is InChI=1S/C23H36O5/c1-5-27-20-12-16-17-6-7-19(25)21(17,3)10-9-18(16)22(4)11-8-15(28-14(2)24)13-23(20,22)26/h15-18,20,26H,5-13H2,1-4H3/t15-,16-,17-,18-,20+,21-,22+,23-/m0/s1. The number of aliphatic hydroxyl groups is 1. The van der Waals surface area contributed by atoms with Gasteiger partial charge in [0.05, 0.1) is 11.7 Å². The molecule has 0 heterocycles. The molecule has 0 unspecified atom stereocenters. The SMILES string of the molecule is CCO[C@@H]1C[C@H]2[C@@H]3CCC(=O)[C@@]3(C)CC[C@@H]2[C@@]2(C)CC[C@H](OC(C)=O)C[C@]12O. The number of carbonyl (C=O) groups is 2. The molecule has 0 amide bonds. The first-order valence-electron chi connectivity index (χ1n) is 11.2. The number of carbonyl (C=O) groups excluding carboxylic acids is 2. The zero-order valence-corrected chi connectivity index (χ0v) is 17.8. The van der Waals surface area contributed by atoms with Gasteiger partial charge >= 0.3 is 5.97 Å². The summed E-state index contributed by atoms with van der Waals surface area (Å²) in [6.07, 6.45) is 6.03. The van der Waals surface area contributed by atoms with Gasteiger partial charge in [0.25, 0.3) is 0 Å². The van der Waals surface area contributed by atoms with E-state index in [1.807, 2.05) is 6.92 Å². The Labute approximate surface area is 168 Å². The molecular formula is C23H36O5. The molecule has 4 aliphatic carbocycles. The van der Waals surface area contributed by atoms with E-state index in [4.69, 9.17) is 9.47 Å². The highest BCUT2D eigenvalue weighted by Gasteiger charge is 2.68. The lowest BCUT2D eigenvalue weighted by molar-refractivity contribution is -0.273. The van der Waals surface area contributed by atoms with Crippen LogP contribution in [-0.4, -0.2) is 41.3 Å². The van der Waals surface area contributed by atoms with Crippen LogP contribution in [0.2, 0.25) is 0 Å². The van der Waals surface area contributed by atoms with Gasteiger partial charge in [0.2, 0.25) is 0 Å². The fraction of sp³-hybridized carbons (Fsp3) is 0.913. The average Bonchev–Trinajstić information content (AvgIpc) is 2.92. The molecule has 0 bridgehead atoms. The van der Waals surface area contributed by atoms with Crippen molar-refractivity contribution in [3.05, 3.63) is 0 Å². The number of esters is 1. The van der Waals surface area contributed by atoms with Crippen molar-refractivity contribution in [3.63, 3.8) is 0 Å². The lowest BCUT2D eigenvalue weighted by atomic mass is 9.43. The molecular weight excluding hydrogens is 356 g/mol. The third kappa shape index (κ3) is 2.72. The normalized spacial score (nSPS) is 50.5. The van der Waals surface area contributed by atoms with Crippen LogP contribution in [0.1, 0.15) is 79.1 Å². The van der Waals surface area contributed by atoms with Crippen LogP contribution in [0.5, 0.6) is 0 Å². The van der Waals surface area contributed by atoms with Crippen molar-refractivity contribution >= 4 is 11.8 Å². The second-order valence-corrected chi connectivity index (χ2v) is 10.3. The molecule has 0 aromatic heterocycles. The fourth-order valence-electron chi connectivity index (χ4n) is 7.73. The molecule has 4 saturated carbocycles. The lowest BCUT2D eigenvalue weighted by Crippen LogP contribution is -2.69. The molecule has 0 radical (unpaired) electrons. The van der Waals surface area contributed by atoms with Crippen LogP contribution < -0.4 is 0 Å². The molecule has 5 nitrogen and oxygen atoms in total. The van der Waals surface area contributed by atoms with Crippen LogP contribution in [0.15, 0.2) is 0 Å². The first-order chi connectivity index (χ1) is 13.2. The average molecular weight is 393 g/mol. The molecule has 4 rings (SSSR count). The van der Waals surface area contributed by atoms with E-state index in [1.165, 1.54) is 6.92 Å². The predicted octanol–water partition coefficient (Wildman–Crippen LogP) is 3.66. The maximum Gasteiger partial charge on any atom is 0.302 e. The van der Waals surface area contributed by atoms with Gasteiger partial charge in [0.1, 0.15) is 11.9 Å². The van der Waals surface area contributed by atoms with Crippen LogP contribution in [0, 0.1) is 28.6 Å². The minimum Gasteiger partial charge on any atom is -0.462 e. The summed E-state index contributed by atoms with van der Waals surface area (Å²) in [4.78, 5) is 24.2. The van der Waals surface area contributed by atoms with Gasteiger partial charge in [-0.25, -0.2) is 0 Å². The van der Waals surface area contributed by atoms with Gasteiger partial charge in [0, 0.05) is 37.2 Å². The Hall–Kier alpha value is -0.940. The van der Waals surface area contributed by atoms with E-state index >= 15 is 0 Å². The molecule has 5 heteroatoms. The lowest BCUT2D eigenvalue weighted by Gasteiger charge is -2.65. The first kappa shape index (κ1) is 20.3. The van der Waals surface area contributed by atoms with Gasteiger partial charge in [-0.3, -0.25) is 9.59 Å². The number of fused-ring (bicyclic) bond motifs is 5. The van der Waals surface area contributed by atoms with Gasteiger partial charge in [-0.15, -0.1) is 0 Å². The highest BCUT2D eigenvalue weighted by molar-refractivity contribution is 5.87. The van der Waals surface area contributed by atoms with Gasteiger partial charge in [0.15, 0.2) is 0 Å². The molecule has 4 fully saturated rings. The summed E-state index contributed by atoms with van der Waals surface area (Å²) in [5, 5.41) is 12.0. The molecule has 8 atom stereocenters. The van der Waals surface area contributed by atoms with Crippen molar-refractivity contribution in [2.45, 2.75) is 96.9 Å². The topological polar surface area (TPSA) is 72.8 Å². The molecule has 0 spiro atoms. The minimum absolute atomic E-state index is 0.182. The highest BCUT2D eigenvalue weighted by atomic mass is 16.5. The summed E-state index contributed by atoms with van der Waals surface area (Å²) < 4.78 is 11.7. The Morgan fingerprint density at radius 2 is 1.93 bits per heavy atom. The van der Waals surface area contributed by atoms with Crippen LogP contribution in [0.4, 0.5) is 0 Å². The van der Waals surface area contributed by atoms with Crippen molar-refractivity contribution in [3.8, 4) is 0 Å². The maximum absolute atomic E-state index is 12.7. The van der Waals surface area contributed by atoms with Crippen LogP contribution in [0.25, 0.3) is 0 Å². The van der Waals surface area contributed by atoms with Crippen LogP contribution >= 0.6 is 0 Å². The number of Topliss-reactive ketones (excluding diaryl/α,β-unsaturated/α-hetero) is 1. The highest BCUT2D eigenvalue weighted by Crippen LogP contribution is 2.67. The van der Waals surface area contributed by atoms with E-state index in [0.717, 1.165) is 38.5 Å². The second kappa shape index (κ2) is 6.80. The largest absolute Gasteiger partial charge is 0.462 e. The van der Waals surface area contributed by atoms with E-state index < -0.39 is 5.60 Å². The predicted molar refractivity (Wildman–Crippen MR) is 105 cm³/mol. The zero-order chi connectivity index (χ0) is 20.3. The van der Waals surface area contributed by atoms with Crippen LogP contribution in [0.3, 0.4) is 0 Å². The maximum atomic E-state index is 12.7. The molecule has 4 aliphatic rings. The Morgan fingerprint density at radius 3 is 2.61 bits per heavy atom. The number of hydrogen-bond donors (Lipinski definition) is 1. The van der Waals surface area contributed by atoms with E-state index in [0.29, 0.717) is 43.0 Å². The summed E-state index contributed by atoms with van der Waals surface area (Å²) in [5.74, 6) is 1.40. The summed E-state index contributed by atoms with van der Waals surface area (Å²) in [5.41, 5.74) is -1.43. The van der Waals surface area contributed by atoms with E-state index in [1.54, 1.807) is 0 Å². The Balaban J connectivity index is 1.69. The van der Waals surface area contributed by atoms with Crippen molar-refractivity contribution in [1.82, 2.24) is 0 Å². The van der Waals surface area contributed by atoms with Gasteiger partial charge in [-0.2, -0.15) is 0 Å². The smallest absolute Gasteiger partial charge is 0.302 e. The quantitative estimate of drug-likeness (QED) is 0.742. The monoisotopic (exact) mass is 392 g/mol. The van der Waals surface area contributed by atoms with Crippen molar-refractivity contribution in [1.29, 1.82) is 0 Å². The molecule has 158 valence electrons. The Bertz CT molecular complexity index is 661. The number of rotatable bonds is 3. The third-order valence-corrected chi connectivity index (χ3v) is 9.20. The Kier molecular flexibility index (Phi) is 4.94. The van der Waals surface area contributed by atoms with Crippen LogP contribution in [-0.2, 0) is 19.1 Å². The number of ketones is 1. The summed E-state index contributed by atoms with van der Waals surface area (Å²) in [6, 6.07) is 0. The molecule has 0 aromatic rings. The van der Waals surface area contributed by atoms with Gasteiger partial charge in [-0.1, -0.05) is 13.8 Å². The molecule has 0 aliphatic heterocycles. The molecule has 0 aromatic carbocycles.